The molecular weight excluding hydrogens is 452 g/mol. The Morgan fingerprint density at radius 1 is 0.848 bits per heavy atom. The zero-order valence-electron chi connectivity index (χ0n) is 17.7. The van der Waals surface area contributed by atoms with Gasteiger partial charge in [-0.1, -0.05) is 60.7 Å². The largest absolute Gasteiger partial charge is 0.434 e. The lowest BCUT2D eigenvalue weighted by Crippen LogP contribution is -2.51. The molecule has 1 amide bonds. The number of halogens is 6. The van der Waals surface area contributed by atoms with Gasteiger partial charge in [0.25, 0.3) is 6.10 Å². The summed E-state index contributed by atoms with van der Waals surface area (Å²) in [7, 11) is 1.55. The number of amides is 1. The van der Waals surface area contributed by atoms with Crippen molar-refractivity contribution in [2.24, 2.45) is 5.92 Å². The van der Waals surface area contributed by atoms with Crippen LogP contribution in [0.4, 0.5) is 31.1 Å². The van der Waals surface area contributed by atoms with E-state index in [0.717, 1.165) is 16.0 Å². The number of piperidine rings is 1. The smallest absolute Gasteiger partial charge is 0.426 e. The molecule has 0 aliphatic carbocycles. The second-order valence-electron chi connectivity index (χ2n) is 7.78. The van der Waals surface area contributed by atoms with Crippen LogP contribution in [0.2, 0.25) is 0 Å². The third kappa shape index (κ3) is 5.26. The van der Waals surface area contributed by atoms with E-state index in [1.54, 1.807) is 7.11 Å². The topological polar surface area (TPSA) is 38.8 Å². The van der Waals surface area contributed by atoms with Crippen LogP contribution in [0, 0.1) is 5.92 Å². The molecule has 2 aromatic carbocycles. The average Bonchev–Trinajstić information content (AvgIpc) is 2.78. The first-order chi connectivity index (χ1) is 15.5. The highest BCUT2D eigenvalue weighted by atomic mass is 19.4. The van der Waals surface area contributed by atoms with Gasteiger partial charge in [-0.3, -0.25) is 0 Å². The highest BCUT2D eigenvalue weighted by Crippen LogP contribution is 2.45. The van der Waals surface area contributed by atoms with E-state index in [1.165, 1.54) is 0 Å². The van der Waals surface area contributed by atoms with Gasteiger partial charge in [-0.05, 0) is 29.9 Å². The molecule has 4 nitrogen and oxygen atoms in total. The molecule has 33 heavy (non-hydrogen) atoms. The molecule has 1 aliphatic heterocycles. The molecule has 0 spiro atoms. The monoisotopic (exact) mass is 475 g/mol. The van der Waals surface area contributed by atoms with Crippen molar-refractivity contribution >= 4 is 6.09 Å². The molecule has 1 heterocycles. The summed E-state index contributed by atoms with van der Waals surface area (Å²) in [6.45, 7) is -0.145. The molecule has 10 heteroatoms. The van der Waals surface area contributed by atoms with Gasteiger partial charge in [0, 0.05) is 20.2 Å². The van der Waals surface area contributed by atoms with Crippen LogP contribution >= 0.6 is 0 Å². The number of nitrogens with zero attached hydrogens (tertiary/aromatic N) is 1. The number of hydrogen-bond donors (Lipinski definition) is 0. The summed E-state index contributed by atoms with van der Waals surface area (Å²) < 4.78 is 86.4. The molecular formula is C23H23F6NO3. The minimum absolute atomic E-state index is 0.0727. The van der Waals surface area contributed by atoms with Gasteiger partial charge in [-0.25, -0.2) is 4.79 Å². The summed E-state index contributed by atoms with van der Waals surface area (Å²) in [6.07, 6.45) is -16.7. The van der Waals surface area contributed by atoms with Crippen molar-refractivity contribution in [1.29, 1.82) is 0 Å². The maximum absolute atomic E-state index is 12.8. The highest BCUT2D eigenvalue weighted by Gasteiger charge is 2.60. The second kappa shape index (κ2) is 9.62. The van der Waals surface area contributed by atoms with Crippen LogP contribution < -0.4 is 0 Å². The Morgan fingerprint density at radius 3 is 1.64 bits per heavy atom. The quantitative estimate of drug-likeness (QED) is 0.504. The van der Waals surface area contributed by atoms with Gasteiger partial charge in [-0.2, -0.15) is 26.3 Å². The maximum atomic E-state index is 12.8. The van der Waals surface area contributed by atoms with Crippen molar-refractivity contribution in [3.8, 4) is 0 Å². The second-order valence-corrected chi connectivity index (χ2v) is 7.78. The molecule has 0 radical (unpaired) electrons. The number of carbonyl (C=O) groups is 1. The Labute approximate surface area is 187 Å². The SMILES string of the molecule is COC(c1ccccc1)(c1ccccc1)C1CCN(C(=O)OC(C(F)(F)F)C(F)(F)F)CC1. The number of benzene rings is 2. The zero-order chi connectivity index (χ0) is 24.3. The molecule has 180 valence electrons. The van der Waals surface area contributed by atoms with Gasteiger partial charge >= 0.3 is 18.4 Å². The van der Waals surface area contributed by atoms with E-state index in [2.05, 4.69) is 4.74 Å². The van der Waals surface area contributed by atoms with Crippen molar-refractivity contribution in [3.05, 3.63) is 71.8 Å². The normalized spacial score (nSPS) is 16.2. The van der Waals surface area contributed by atoms with Gasteiger partial charge in [-0.15, -0.1) is 0 Å². The Bertz CT molecular complexity index is 856. The molecule has 0 unspecified atom stereocenters. The van der Waals surface area contributed by atoms with Crippen LogP contribution in [0.1, 0.15) is 24.0 Å². The summed E-state index contributed by atoms with van der Waals surface area (Å²) >= 11 is 0. The molecule has 0 atom stereocenters. The van der Waals surface area contributed by atoms with E-state index >= 15 is 0 Å². The van der Waals surface area contributed by atoms with E-state index in [4.69, 9.17) is 4.74 Å². The van der Waals surface area contributed by atoms with Crippen molar-refractivity contribution < 1.29 is 40.6 Å². The van der Waals surface area contributed by atoms with Gasteiger partial charge in [0.1, 0.15) is 5.60 Å². The molecule has 0 aromatic heterocycles. The number of rotatable bonds is 5. The van der Waals surface area contributed by atoms with E-state index in [0.29, 0.717) is 0 Å². The van der Waals surface area contributed by atoms with Crippen molar-refractivity contribution in [1.82, 2.24) is 4.90 Å². The number of carbonyl (C=O) groups excluding carboxylic acids is 1. The maximum Gasteiger partial charge on any atom is 0.434 e. The predicted octanol–water partition coefficient (Wildman–Crippen LogP) is 5.92. The third-order valence-electron chi connectivity index (χ3n) is 5.87. The molecule has 0 bridgehead atoms. The molecule has 1 fully saturated rings. The van der Waals surface area contributed by atoms with E-state index < -0.39 is 30.2 Å². The van der Waals surface area contributed by atoms with E-state index in [9.17, 15) is 31.1 Å². The average molecular weight is 475 g/mol. The fraction of sp³-hybridized carbons (Fsp3) is 0.435. The first-order valence-electron chi connectivity index (χ1n) is 10.3. The summed E-state index contributed by atoms with van der Waals surface area (Å²) in [5.74, 6) is -0.197. The lowest BCUT2D eigenvalue weighted by atomic mass is 9.72. The minimum Gasteiger partial charge on any atom is -0.426 e. The molecule has 0 N–H and O–H groups in total. The number of methoxy groups -OCH3 is 1. The van der Waals surface area contributed by atoms with E-state index in [1.807, 2.05) is 60.7 Å². The van der Waals surface area contributed by atoms with Crippen LogP contribution in [0.25, 0.3) is 0 Å². The van der Waals surface area contributed by atoms with Crippen LogP contribution in [-0.4, -0.2) is 49.6 Å². The first-order valence-corrected chi connectivity index (χ1v) is 10.3. The zero-order valence-corrected chi connectivity index (χ0v) is 17.7. The van der Waals surface area contributed by atoms with Gasteiger partial charge in [0.15, 0.2) is 0 Å². The molecule has 1 saturated heterocycles. The predicted molar refractivity (Wildman–Crippen MR) is 107 cm³/mol. The summed E-state index contributed by atoms with van der Waals surface area (Å²) in [5, 5.41) is 0. The van der Waals surface area contributed by atoms with Crippen molar-refractivity contribution in [3.63, 3.8) is 0 Å². The van der Waals surface area contributed by atoms with Crippen LogP contribution in [0.5, 0.6) is 0 Å². The van der Waals surface area contributed by atoms with Crippen molar-refractivity contribution in [2.75, 3.05) is 20.2 Å². The van der Waals surface area contributed by atoms with E-state index in [-0.39, 0.29) is 31.8 Å². The number of likely N-dealkylation sites (tertiary alicyclic amines) is 1. The molecule has 3 rings (SSSR count). The van der Waals surface area contributed by atoms with Gasteiger partial charge < -0.3 is 14.4 Å². The Morgan fingerprint density at radius 2 is 1.27 bits per heavy atom. The van der Waals surface area contributed by atoms with Crippen LogP contribution in [0.3, 0.4) is 0 Å². The third-order valence-corrected chi connectivity index (χ3v) is 5.87. The van der Waals surface area contributed by atoms with Crippen LogP contribution in [-0.2, 0) is 15.1 Å². The minimum atomic E-state index is -5.75. The first kappa shape index (κ1) is 24.9. The lowest BCUT2D eigenvalue weighted by molar-refractivity contribution is -0.308. The fourth-order valence-corrected chi connectivity index (χ4v) is 4.38. The van der Waals surface area contributed by atoms with Gasteiger partial charge in [0.2, 0.25) is 0 Å². The van der Waals surface area contributed by atoms with Crippen molar-refractivity contribution in [2.45, 2.75) is 36.9 Å². The number of ether oxygens (including phenoxy) is 2. The number of hydrogen-bond acceptors (Lipinski definition) is 3. The summed E-state index contributed by atoms with van der Waals surface area (Å²) in [5.41, 5.74) is 0.807. The molecule has 0 saturated carbocycles. The Hall–Kier alpha value is -2.75. The number of alkyl halides is 6. The Kier molecular flexibility index (Phi) is 7.26. The fourth-order valence-electron chi connectivity index (χ4n) is 4.38. The highest BCUT2D eigenvalue weighted by molar-refractivity contribution is 5.68. The Balaban J connectivity index is 1.81. The molecule has 2 aromatic rings. The van der Waals surface area contributed by atoms with Gasteiger partial charge in [0.05, 0.1) is 0 Å². The standard InChI is InChI=1S/C23H23F6NO3/c1-32-21(16-8-4-2-5-9-16,17-10-6-3-7-11-17)18-12-14-30(15-13-18)20(31)33-19(22(24,25)26)23(27,28)29/h2-11,18-19H,12-15H2,1H3. The van der Waals surface area contributed by atoms with Crippen LogP contribution in [0.15, 0.2) is 60.7 Å². The molecule has 1 aliphatic rings. The summed E-state index contributed by atoms with van der Waals surface area (Å²) in [6, 6.07) is 18.7. The lowest BCUT2D eigenvalue weighted by Gasteiger charge is -2.44. The summed E-state index contributed by atoms with van der Waals surface area (Å²) in [4.78, 5) is 13.0.